The standard InChI is InChI=1S/C20H22N8O4/c1-11(29)27(12(2)30)19(20(31)32)28(16-9-5-14(6-10-16)18(23)24)26-25-15-7-3-13(4-8-15)17(21)22/h3-10,19H,1-2H3,(H3,21,22)(H3,23,24)(H,31,32). The minimum Gasteiger partial charge on any atom is -0.478 e. The first-order chi connectivity index (χ1) is 15.0. The van der Waals surface area contributed by atoms with Crippen LogP contribution in [0.5, 0.6) is 0 Å². The maximum absolute atomic E-state index is 12.1. The highest BCUT2D eigenvalue weighted by Gasteiger charge is 2.37. The van der Waals surface area contributed by atoms with Crippen molar-refractivity contribution in [1.29, 1.82) is 10.8 Å². The summed E-state index contributed by atoms with van der Waals surface area (Å²) in [5.74, 6) is -3.44. The van der Waals surface area contributed by atoms with Crippen molar-refractivity contribution < 1.29 is 19.5 Å². The molecule has 2 aromatic carbocycles. The van der Waals surface area contributed by atoms with Gasteiger partial charge in [0.25, 0.3) is 0 Å². The van der Waals surface area contributed by atoms with Crippen LogP contribution in [0.3, 0.4) is 0 Å². The molecular formula is C20H22N8O4. The third-order valence-corrected chi connectivity index (χ3v) is 4.25. The summed E-state index contributed by atoms with van der Waals surface area (Å²) in [7, 11) is 0. The second kappa shape index (κ2) is 9.93. The molecule has 2 rings (SSSR count). The molecule has 2 amide bonds. The zero-order valence-corrected chi connectivity index (χ0v) is 17.3. The molecule has 1 atom stereocenters. The topological polar surface area (TPSA) is 202 Å². The largest absolute Gasteiger partial charge is 0.478 e. The molecule has 2 aromatic rings. The van der Waals surface area contributed by atoms with E-state index in [1.54, 1.807) is 0 Å². The second-order valence-electron chi connectivity index (χ2n) is 6.58. The molecule has 0 spiro atoms. The van der Waals surface area contributed by atoms with Crippen LogP contribution in [0.2, 0.25) is 0 Å². The Morgan fingerprint density at radius 2 is 1.31 bits per heavy atom. The van der Waals surface area contributed by atoms with E-state index in [0.29, 0.717) is 21.7 Å². The Hall–Kier alpha value is -4.61. The Balaban J connectivity index is 2.57. The van der Waals surface area contributed by atoms with Crippen molar-refractivity contribution >= 4 is 40.8 Å². The number of nitrogen functional groups attached to an aromatic ring is 2. The summed E-state index contributed by atoms with van der Waals surface area (Å²) < 4.78 is 0. The van der Waals surface area contributed by atoms with Crippen LogP contribution in [0.4, 0.5) is 11.4 Å². The number of hydrogen-bond donors (Lipinski definition) is 5. The average Bonchev–Trinajstić information content (AvgIpc) is 2.72. The fourth-order valence-corrected chi connectivity index (χ4v) is 2.73. The van der Waals surface area contributed by atoms with Gasteiger partial charge in [0.1, 0.15) is 11.7 Å². The maximum Gasteiger partial charge on any atom is 0.350 e. The molecule has 1 unspecified atom stereocenters. The number of nitrogens with zero attached hydrogens (tertiary/aromatic N) is 4. The van der Waals surface area contributed by atoms with Gasteiger partial charge < -0.3 is 16.6 Å². The Morgan fingerprint density at radius 3 is 1.69 bits per heavy atom. The number of imide groups is 1. The molecule has 32 heavy (non-hydrogen) atoms. The van der Waals surface area contributed by atoms with E-state index in [1.165, 1.54) is 48.5 Å². The Morgan fingerprint density at radius 1 is 0.875 bits per heavy atom. The third kappa shape index (κ3) is 5.50. The van der Waals surface area contributed by atoms with Gasteiger partial charge in [0.05, 0.1) is 11.4 Å². The number of anilines is 1. The third-order valence-electron chi connectivity index (χ3n) is 4.25. The Labute approximate surface area is 183 Å². The van der Waals surface area contributed by atoms with E-state index in [9.17, 15) is 19.5 Å². The van der Waals surface area contributed by atoms with E-state index in [1.807, 2.05) is 0 Å². The predicted octanol–water partition coefficient (Wildman–Crippen LogP) is 1.57. The van der Waals surface area contributed by atoms with Crippen LogP contribution >= 0.6 is 0 Å². The van der Waals surface area contributed by atoms with E-state index in [-0.39, 0.29) is 17.4 Å². The van der Waals surface area contributed by atoms with Gasteiger partial charge in [0.2, 0.25) is 18.0 Å². The molecule has 12 nitrogen and oxygen atoms in total. The number of rotatable bonds is 8. The van der Waals surface area contributed by atoms with Crippen molar-refractivity contribution in [1.82, 2.24) is 4.90 Å². The summed E-state index contributed by atoms with van der Waals surface area (Å²) in [4.78, 5) is 36.7. The smallest absolute Gasteiger partial charge is 0.350 e. The van der Waals surface area contributed by atoms with Gasteiger partial charge in [-0.05, 0) is 48.5 Å². The number of hydrogen-bond acceptors (Lipinski definition) is 7. The maximum atomic E-state index is 12.1. The summed E-state index contributed by atoms with van der Waals surface area (Å²) >= 11 is 0. The van der Waals surface area contributed by atoms with Crippen LogP contribution < -0.4 is 16.5 Å². The van der Waals surface area contributed by atoms with Gasteiger partial charge in [0, 0.05) is 25.0 Å². The molecule has 12 heteroatoms. The summed E-state index contributed by atoms with van der Waals surface area (Å²) in [5.41, 5.74) is 12.2. The predicted molar refractivity (Wildman–Crippen MR) is 117 cm³/mol. The molecule has 0 aliphatic carbocycles. The zero-order valence-electron chi connectivity index (χ0n) is 17.3. The zero-order chi connectivity index (χ0) is 24.0. The minimum atomic E-state index is -1.83. The quantitative estimate of drug-likeness (QED) is 0.135. The van der Waals surface area contributed by atoms with Crippen LogP contribution in [-0.2, 0) is 14.4 Å². The molecule has 0 saturated carbocycles. The van der Waals surface area contributed by atoms with Gasteiger partial charge in [0.15, 0.2) is 0 Å². The van der Waals surface area contributed by atoms with E-state index in [4.69, 9.17) is 22.3 Å². The second-order valence-corrected chi connectivity index (χ2v) is 6.58. The molecule has 0 aliphatic rings. The van der Waals surface area contributed by atoms with Crippen LogP contribution in [0.25, 0.3) is 0 Å². The first-order valence-electron chi connectivity index (χ1n) is 9.16. The highest BCUT2D eigenvalue weighted by atomic mass is 16.4. The number of amides is 2. The molecule has 0 bridgehead atoms. The summed E-state index contributed by atoms with van der Waals surface area (Å²) in [6, 6.07) is 11.9. The van der Waals surface area contributed by atoms with E-state index in [2.05, 4.69) is 10.3 Å². The monoisotopic (exact) mass is 438 g/mol. The molecular weight excluding hydrogens is 416 g/mol. The number of nitrogens with one attached hydrogen (secondary N) is 2. The highest BCUT2D eigenvalue weighted by molar-refractivity contribution is 5.99. The number of carbonyl (C=O) groups excluding carboxylic acids is 2. The molecule has 0 fully saturated rings. The average molecular weight is 438 g/mol. The number of carbonyl (C=O) groups is 3. The normalized spacial score (nSPS) is 11.6. The van der Waals surface area contributed by atoms with Gasteiger partial charge in [-0.1, -0.05) is 5.22 Å². The molecule has 0 aromatic heterocycles. The fourth-order valence-electron chi connectivity index (χ4n) is 2.73. The number of nitrogens with two attached hydrogens (primary N) is 2. The number of amidine groups is 2. The number of aliphatic carboxylic acids is 1. The summed E-state index contributed by atoms with van der Waals surface area (Å²) in [6.45, 7) is 2.12. The van der Waals surface area contributed by atoms with Crippen molar-refractivity contribution in [3.05, 3.63) is 59.7 Å². The van der Waals surface area contributed by atoms with Crippen LogP contribution in [0.1, 0.15) is 25.0 Å². The van der Waals surface area contributed by atoms with Gasteiger partial charge in [-0.25, -0.2) is 14.7 Å². The van der Waals surface area contributed by atoms with E-state index >= 15 is 0 Å². The van der Waals surface area contributed by atoms with Crippen LogP contribution in [0, 0.1) is 10.8 Å². The molecule has 7 N–H and O–H groups in total. The SMILES string of the molecule is CC(=O)N(C(C)=O)C(C(=O)O)N(N=Nc1ccc(C(=N)N)cc1)c1ccc(C(=N)N)cc1. The minimum absolute atomic E-state index is 0.134. The van der Waals surface area contributed by atoms with Gasteiger partial charge in [-0.3, -0.25) is 20.4 Å². The van der Waals surface area contributed by atoms with Crippen molar-refractivity contribution in [3.8, 4) is 0 Å². The van der Waals surface area contributed by atoms with Crippen molar-refractivity contribution in [2.24, 2.45) is 21.8 Å². The lowest BCUT2D eigenvalue weighted by atomic mass is 10.2. The molecule has 0 aliphatic heterocycles. The Kier molecular flexibility index (Phi) is 7.34. The first-order valence-corrected chi connectivity index (χ1v) is 9.16. The van der Waals surface area contributed by atoms with Crippen molar-refractivity contribution in [2.75, 3.05) is 5.01 Å². The number of benzene rings is 2. The van der Waals surface area contributed by atoms with Gasteiger partial charge >= 0.3 is 5.97 Å². The van der Waals surface area contributed by atoms with Gasteiger partial charge in [-0.15, -0.1) is 5.11 Å². The molecule has 0 heterocycles. The van der Waals surface area contributed by atoms with Crippen LogP contribution in [0.15, 0.2) is 58.9 Å². The molecule has 0 saturated heterocycles. The molecule has 0 radical (unpaired) electrons. The lowest BCUT2D eigenvalue weighted by molar-refractivity contribution is -0.156. The lowest BCUT2D eigenvalue weighted by Crippen LogP contribution is -2.55. The summed E-state index contributed by atoms with van der Waals surface area (Å²) in [5, 5.41) is 33.6. The molecule has 166 valence electrons. The fraction of sp³-hybridized carbons (Fsp3) is 0.150. The first kappa shape index (κ1) is 23.7. The summed E-state index contributed by atoms with van der Waals surface area (Å²) in [6.07, 6.45) is -1.83. The van der Waals surface area contributed by atoms with Gasteiger partial charge in [-0.2, -0.15) is 0 Å². The van der Waals surface area contributed by atoms with Crippen molar-refractivity contribution in [3.63, 3.8) is 0 Å². The number of carboxylic acid groups (broad SMARTS) is 1. The van der Waals surface area contributed by atoms with Crippen LogP contribution in [-0.4, -0.2) is 45.6 Å². The van der Waals surface area contributed by atoms with E-state index in [0.717, 1.165) is 18.9 Å². The highest BCUT2D eigenvalue weighted by Crippen LogP contribution is 2.24. The number of carboxylic acids is 1. The van der Waals surface area contributed by atoms with Crippen molar-refractivity contribution in [2.45, 2.75) is 20.0 Å². The lowest BCUT2D eigenvalue weighted by Gasteiger charge is -2.32. The Bertz CT molecular complexity index is 1070. The van der Waals surface area contributed by atoms with E-state index < -0.39 is 23.9 Å².